The van der Waals surface area contributed by atoms with Gasteiger partial charge >= 0.3 is 0 Å². The Morgan fingerprint density at radius 3 is 2.86 bits per heavy atom. The van der Waals surface area contributed by atoms with Crippen LogP contribution in [-0.2, 0) is 6.42 Å². The van der Waals surface area contributed by atoms with E-state index in [1.165, 1.54) is 17.5 Å². The van der Waals surface area contributed by atoms with Gasteiger partial charge < -0.3 is 11.1 Å². The third-order valence-corrected chi connectivity index (χ3v) is 4.40. The van der Waals surface area contributed by atoms with E-state index in [2.05, 4.69) is 29.6 Å². The van der Waals surface area contributed by atoms with Crippen molar-refractivity contribution in [3.05, 3.63) is 64.2 Å². The van der Waals surface area contributed by atoms with Crippen LogP contribution < -0.4 is 11.1 Å². The molecule has 3 rings (SSSR count). The monoisotopic (exact) mass is 316 g/mol. The Balaban J connectivity index is 1.93. The van der Waals surface area contributed by atoms with Gasteiger partial charge in [-0.1, -0.05) is 48.1 Å². The summed E-state index contributed by atoms with van der Waals surface area (Å²) in [5.41, 5.74) is 10.4. The molecule has 4 heteroatoms. The van der Waals surface area contributed by atoms with E-state index in [1.807, 2.05) is 18.2 Å². The fourth-order valence-corrected chi connectivity index (χ4v) is 3.28. The maximum atomic E-state index is 6.04. The normalized spacial score (nSPS) is 17.1. The summed E-state index contributed by atoms with van der Waals surface area (Å²) in [6.45, 7) is 0. The molecule has 0 bridgehead atoms. The number of hydrogen-bond donors (Lipinski definition) is 2. The van der Waals surface area contributed by atoms with Gasteiger partial charge in [0.25, 0.3) is 0 Å². The summed E-state index contributed by atoms with van der Waals surface area (Å²) in [4.78, 5) is 0.365. The lowest BCUT2D eigenvalue weighted by atomic mass is 9.87. The first kappa shape index (κ1) is 14.4. The number of hydrogen-bond acceptors (Lipinski definition) is 2. The van der Waals surface area contributed by atoms with Crippen molar-refractivity contribution in [3.8, 4) is 0 Å². The predicted octanol–water partition coefficient (Wildman–Crippen LogP) is 4.46. The van der Waals surface area contributed by atoms with Crippen molar-refractivity contribution in [3.63, 3.8) is 0 Å². The maximum absolute atomic E-state index is 6.04. The molecular formula is C17H17ClN2S. The first-order chi connectivity index (χ1) is 10.1. The predicted molar refractivity (Wildman–Crippen MR) is 93.1 cm³/mol. The number of halogens is 1. The first-order valence-electron chi connectivity index (χ1n) is 7.09. The molecule has 1 aliphatic carbocycles. The Morgan fingerprint density at radius 2 is 2.05 bits per heavy atom. The lowest BCUT2D eigenvalue weighted by Crippen LogP contribution is -2.20. The van der Waals surface area contributed by atoms with Gasteiger partial charge in [-0.2, -0.15) is 0 Å². The molecule has 2 aromatic carbocycles. The number of nitrogens with one attached hydrogen (secondary N) is 1. The second-order valence-electron chi connectivity index (χ2n) is 5.34. The largest absolute Gasteiger partial charge is 0.389 e. The third kappa shape index (κ3) is 3.04. The van der Waals surface area contributed by atoms with Crippen LogP contribution in [-0.4, -0.2) is 4.99 Å². The smallest absolute Gasteiger partial charge is 0.106 e. The van der Waals surface area contributed by atoms with Gasteiger partial charge in [0.15, 0.2) is 0 Å². The summed E-state index contributed by atoms with van der Waals surface area (Å²) in [6.07, 6.45) is 3.44. The second kappa shape index (κ2) is 6.04. The molecule has 0 heterocycles. The van der Waals surface area contributed by atoms with Crippen LogP contribution in [0.2, 0.25) is 5.02 Å². The summed E-state index contributed by atoms with van der Waals surface area (Å²) in [7, 11) is 0. The molecule has 21 heavy (non-hydrogen) atoms. The molecule has 0 radical (unpaired) electrons. The van der Waals surface area contributed by atoms with Crippen LogP contribution in [0, 0.1) is 0 Å². The quantitative estimate of drug-likeness (QED) is 0.821. The minimum Gasteiger partial charge on any atom is -0.389 e. The molecule has 1 unspecified atom stereocenters. The number of nitrogens with two attached hydrogens (primary N) is 1. The summed E-state index contributed by atoms with van der Waals surface area (Å²) in [5, 5.41) is 4.23. The topological polar surface area (TPSA) is 38.0 Å². The maximum Gasteiger partial charge on any atom is 0.106 e. The van der Waals surface area contributed by atoms with Crippen molar-refractivity contribution in [2.45, 2.75) is 25.3 Å². The molecule has 2 aromatic rings. The molecule has 0 aliphatic heterocycles. The average molecular weight is 317 g/mol. The van der Waals surface area contributed by atoms with Gasteiger partial charge in [-0.3, -0.25) is 0 Å². The van der Waals surface area contributed by atoms with Crippen LogP contribution in [0.25, 0.3) is 0 Å². The van der Waals surface area contributed by atoms with E-state index in [1.54, 1.807) is 0 Å². The van der Waals surface area contributed by atoms with E-state index in [-0.39, 0.29) is 0 Å². The standard InChI is InChI=1S/C17H17ClN2S/c18-12-8-9-16(14(10-12)17(19)21)20-15-7-3-5-11-4-1-2-6-13(11)15/h1-2,4,6,8-10,15,20H,3,5,7H2,(H2,19,21). The summed E-state index contributed by atoms with van der Waals surface area (Å²) in [6, 6.07) is 14.5. The van der Waals surface area contributed by atoms with Gasteiger partial charge in [-0.05, 0) is 48.6 Å². The van der Waals surface area contributed by atoms with Gasteiger partial charge in [0.05, 0.1) is 6.04 Å². The minimum absolute atomic E-state index is 0.296. The van der Waals surface area contributed by atoms with E-state index in [9.17, 15) is 0 Å². The molecule has 1 aliphatic rings. The molecule has 2 nitrogen and oxygen atoms in total. The van der Waals surface area contributed by atoms with Gasteiger partial charge in [0.2, 0.25) is 0 Å². The molecular weight excluding hydrogens is 300 g/mol. The van der Waals surface area contributed by atoms with Crippen molar-refractivity contribution in [2.24, 2.45) is 5.73 Å². The highest BCUT2D eigenvalue weighted by Crippen LogP contribution is 2.33. The Labute approximate surface area is 135 Å². The zero-order valence-electron chi connectivity index (χ0n) is 11.6. The lowest BCUT2D eigenvalue weighted by molar-refractivity contribution is 0.600. The molecule has 0 saturated heterocycles. The van der Waals surface area contributed by atoms with E-state index in [0.29, 0.717) is 16.1 Å². The highest BCUT2D eigenvalue weighted by atomic mass is 35.5. The fraction of sp³-hybridized carbons (Fsp3) is 0.235. The van der Waals surface area contributed by atoms with E-state index in [0.717, 1.165) is 24.1 Å². The minimum atomic E-state index is 0.296. The van der Waals surface area contributed by atoms with Crippen LogP contribution in [0.3, 0.4) is 0 Å². The van der Waals surface area contributed by atoms with Gasteiger partial charge in [0.1, 0.15) is 4.99 Å². The van der Waals surface area contributed by atoms with E-state index >= 15 is 0 Å². The Hall–Kier alpha value is -1.58. The number of benzene rings is 2. The summed E-state index contributed by atoms with van der Waals surface area (Å²) < 4.78 is 0. The molecule has 108 valence electrons. The van der Waals surface area contributed by atoms with Gasteiger partial charge in [0, 0.05) is 16.3 Å². The summed E-state index contributed by atoms with van der Waals surface area (Å²) in [5.74, 6) is 0. The molecule has 1 atom stereocenters. The van der Waals surface area contributed by atoms with Gasteiger partial charge in [-0.25, -0.2) is 0 Å². The molecule has 0 aromatic heterocycles. The number of aryl methyl sites for hydroxylation is 1. The summed E-state index contributed by atoms with van der Waals surface area (Å²) >= 11 is 11.2. The van der Waals surface area contributed by atoms with E-state index in [4.69, 9.17) is 29.6 Å². The Morgan fingerprint density at radius 1 is 1.24 bits per heavy atom. The van der Waals surface area contributed by atoms with Crippen LogP contribution >= 0.6 is 23.8 Å². The van der Waals surface area contributed by atoms with Crippen LogP contribution in [0.15, 0.2) is 42.5 Å². The number of thiocarbonyl (C=S) groups is 1. The average Bonchev–Trinajstić information content (AvgIpc) is 2.49. The van der Waals surface area contributed by atoms with Crippen LogP contribution in [0.1, 0.15) is 35.6 Å². The molecule has 0 amide bonds. The molecule has 3 N–H and O–H groups in total. The lowest BCUT2D eigenvalue weighted by Gasteiger charge is -2.28. The van der Waals surface area contributed by atoms with Crippen molar-refractivity contribution in [1.29, 1.82) is 0 Å². The third-order valence-electron chi connectivity index (χ3n) is 3.95. The Kier molecular flexibility index (Phi) is 4.13. The van der Waals surface area contributed by atoms with Crippen molar-refractivity contribution < 1.29 is 0 Å². The molecule has 0 spiro atoms. The Bertz CT molecular complexity index is 684. The molecule has 0 saturated carbocycles. The van der Waals surface area contributed by atoms with Crippen LogP contribution in [0.4, 0.5) is 5.69 Å². The first-order valence-corrected chi connectivity index (χ1v) is 7.87. The highest BCUT2D eigenvalue weighted by molar-refractivity contribution is 7.80. The van der Waals surface area contributed by atoms with Crippen molar-refractivity contribution >= 4 is 34.5 Å². The number of fused-ring (bicyclic) bond motifs is 1. The van der Waals surface area contributed by atoms with Gasteiger partial charge in [-0.15, -0.1) is 0 Å². The second-order valence-corrected chi connectivity index (χ2v) is 6.22. The highest BCUT2D eigenvalue weighted by Gasteiger charge is 2.20. The SMILES string of the molecule is NC(=S)c1cc(Cl)ccc1NC1CCCc2ccccc21. The van der Waals surface area contributed by atoms with Crippen LogP contribution in [0.5, 0.6) is 0 Å². The fourth-order valence-electron chi connectivity index (χ4n) is 2.94. The molecule has 0 fully saturated rings. The van der Waals surface area contributed by atoms with Crippen molar-refractivity contribution in [1.82, 2.24) is 0 Å². The van der Waals surface area contributed by atoms with E-state index < -0.39 is 0 Å². The number of rotatable bonds is 3. The number of anilines is 1. The zero-order chi connectivity index (χ0) is 14.8. The van der Waals surface area contributed by atoms with Crippen molar-refractivity contribution in [2.75, 3.05) is 5.32 Å². The zero-order valence-corrected chi connectivity index (χ0v) is 13.2.